The minimum Gasteiger partial charge on any atom is -0.351 e. The summed E-state index contributed by atoms with van der Waals surface area (Å²) in [5, 5.41) is 5.95. The number of hydrogen-bond donors (Lipinski definition) is 3. The molecule has 7 nitrogen and oxygen atoms in total. The highest BCUT2D eigenvalue weighted by Crippen LogP contribution is 2.04. The topological polar surface area (TPSA) is 108 Å². The molecule has 90 valence electrons. The second-order valence-electron chi connectivity index (χ2n) is 3.71. The van der Waals surface area contributed by atoms with Crippen LogP contribution in [-0.4, -0.2) is 34.8 Å². The molecule has 1 atom stereocenters. The van der Waals surface area contributed by atoms with Gasteiger partial charge in [-0.3, -0.25) is 9.78 Å². The normalized spacial score (nSPS) is 12.4. The van der Waals surface area contributed by atoms with Crippen molar-refractivity contribution in [1.29, 1.82) is 0 Å². The molecule has 1 aromatic rings. The zero-order chi connectivity index (χ0) is 12.1. The van der Waals surface area contributed by atoms with E-state index in [-0.39, 0.29) is 11.7 Å². The first kappa shape index (κ1) is 12.4. The highest BCUT2D eigenvalue weighted by atomic mass is 16.2. The first-order chi connectivity index (χ1) is 7.58. The Labute approximate surface area is 92.7 Å². The minimum atomic E-state index is -0.600. The van der Waals surface area contributed by atoms with Crippen molar-refractivity contribution in [2.24, 2.45) is 11.7 Å². The van der Waals surface area contributed by atoms with Crippen molar-refractivity contribution in [2.75, 3.05) is 24.5 Å². The molecular weight excluding hydrogens is 210 g/mol. The lowest BCUT2D eigenvalue weighted by molar-refractivity contribution is 0.568. The van der Waals surface area contributed by atoms with Crippen LogP contribution in [0.2, 0.25) is 0 Å². The van der Waals surface area contributed by atoms with Gasteiger partial charge < -0.3 is 10.6 Å². The molecule has 0 saturated heterocycles. The maximum Gasteiger partial charge on any atom is 0.342 e. The van der Waals surface area contributed by atoms with Gasteiger partial charge in [-0.2, -0.15) is 0 Å². The average molecular weight is 227 g/mol. The van der Waals surface area contributed by atoms with Gasteiger partial charge >= 0.3 is 5.69 Å². The number of nitrogens with two attached hydrogens (primary N) is 1. The van der Waals surface area contributed by atoms with Crippen molar-refractivity contribution in [3.8, 4) is 0 Å². The Morgan fingerprint density at radius 1 is 1.50 bits per heavy atom. The summed E-state index contributed by atoms with van der Waals surface area (Å²) >= 11 is 0. The molecule has 0 radical (unpaired) electrons. The Hall–Kier alpha value is -1.63. The third kappa shape index (κ3) is 2.93. The fraction of sp³-hybridized carbons (Fsp3) is 0.667. The van der Waals surface area contributed by atoms with Crippen molar-refractivity contribution in [1.82, 2.24) is 15.2 Å². The van der Waals surface area contributed by atoms with Gasteiger partial charge in [-0.25, -0.2) is 9.89 Å². The molecular formula is C9H17N5O2. The molecule has 0 aromatic carbocycles. The zero-order valence-corrected chi connectivity index (χ0v) is 9.49. The first-order valence-electron chi connectivity index (χ1n) is 5.22. The molecule has 0 aliphatic heterocycles. The molecule has 4 N–H and O–H groups in total. The van der Waals surface area contributed by atoms with E-state index in [2.05, 4.69) is 15.2 Å². The number of nitrogens with zero attached hydrogens (tertiary/aromatic N) is 2. The smallest absolute Gasteiger partial charge is 0.342 e. The molecule has 1 unspecified atom stereocenters. The van der Waals surface area contributed by atoms with Gasteiger partial charge in [0.15, 0.2) is 0 Å². The molecule has 0 spiro atoms. The van der Waals surface area contributed by atoms with Crippen molar-refractivity contribution in [2.45, 2.75) is 13.8 Å². The minimum absolute atomic E-state index is 0.224. The summed E-state index contributed by atoms with van der Waals surface area (Å²) in [4.78, 5) is 26.2. The van der Waals surface area contributed by atoms with E-state index in [0.29, 0.717) is 19.6 Å². The lowest BCUT2D eigenvalue weighted by atomic mass is 10.2. The van der Waals surface area contributed by atoms with Crippen LogP contribution in [0.1, 0.15) is 13.8 Å². The summed E-state index contributed by atoms with van der Waals surface area (Å²) in [7, 11) is 0. The molecule has 0 fully saturated rings. The van der Waals surface area contributed by atoms with Crippen LogP contribution >= 0.6 is 0 Å². The van der Waals surface area contributed by atoms with Crippen LogP contribution in [0.4, 0.5) is 5.82 Å². The molecule has 0 saturated carbocycles. The number of rotatable bonds is 5. The Bertz CT molecular complexity index is 438. The van der Waals surface area contributed by atoms with Gasteiger partial charge in [-0.15, -0.1) is 5.10 Å². The number of anilines is 1. The third-order valence-electron chi connectivity index (χ3n) is 2.31. The molecule has 1 heterocycles. The van der Waals surface area contributed by atoms with Crippen LogP contribution in [0.15, 0.2) is 9.59 Å². The van der Waals surface area contributed by atoms with Crippen molar-refractivity contribution < 1.29 is 0 Å². The molecule has 1 rings (SSSR count). The van der Waals surface area contributed by atoms with Crippen LogP contribution in [0, 0.1) is 5.92 Å². The predicted molar refractivity (Wildman–Crippen MR) is 61.6 cm³/mol. The molecule has 0 amide bonds. The summed E-state index contributed by atoms with van der Waals surface area (Å²) in [5.41, 5.74) is 4.45. The lowest BCUT2D eigenvalue weighted by Crippen LogP contribution is -2.38. The summed E-state index contributed by atoms with van der Waals surface area (Å²) in [6, 6.07) is 0. The highest BCUT2D eigenvalue weighted by Gasteiger charge is 2.13. The van der Waals surface area contributed by atoms with Gasteiger partial charge in [0.2, 0.25) is 5.82 Å². The van der Waals surface area contributed by atoms with E-state index in [0.717, 1.165) is 0 Å². The van der Waals surface area contributed by atoms with Gasteiger partial charge in [-0.1, -0.05) is 6.92 Å². The highest BCUT2D eigenvalue weighted by molar-refractivity contribution is 5.33. The van der Waals surface area contributed by atoms with Crippen LogP contribution in [-0.2, 0) is 0 Å². The number of aromatic amines is 2. The molecule has 0 bridgehead atoms. The largest absolute Gasteiger partial charge is 0.351 e. The summed E-state index contributed by atoms with van der Waals surface area (Å²) in [6.45, 7) is 5.71. The van der Waals surface area contributed by atoms with E-state index in [1.54, 1.807) is 4.90 Å². The van der Waals surface area contributed by atoms with Gasteiger partial charge in [0, 0.05) is 13.1 Å². The molecule has 7 heteroatoms. The molecule has 0 aliphatic rings. The SMILES string of the molecule is CCN(CC(C)CN)c1n[nH]c(=O)[nH]c1=O. The van der Waals surface area contributed by atoms with Gasteiger partial charge in [0.25, 0.3) is 5.56 Å². The van der Waals surface area contributed by atoms with Crippen LogP contribution in [0.25, 0.3) is 0 Å². The lowest BCUT2D eigenvalue weighted by Gasteiger charge is -2.23. The van der Waals surface area contributed by atoms with Crippen LogP contribution in [0.3, 0.4) is 0 Å². The number of H-pyrrole nitrogens is 2. The summed E-state index contributed by atoms with van der Waals surface area (Å²) in [5.74, 6) is 0.482. The number of hydrogen-bond acceptors (Lipinski definition) is 5. The van der Waals surface area contributed by atoms with Crippen molar-refractivity contribution in [3.05, 3.63) is 20.8 Å². The Kier molecular flexibility index (Phi) is 4.24. The Morgan fingerprint density at radius 3 is 2.69 bits per heavy atom. The second kappa shape index (κ2) is 5.45. The Morgan fingerprint density at radius 2 is 2.19 bits per heavy atom. The average Bonchev–Trinajstić information content (AvgIpc) is 2.26. The van der Waals surface area contributed by atoms with Gasteiger partial charge in [-0.05, 0) is 19.4 Å². The second-order valence-corrected chi connectivity index (χ2v) is 3.71. The molecule has 1 aromatic heterocycles. The van der Waals surface area contributed by atoms with E-state index in [4.69, 9.17) is 5.73 Å². The maximum atomic E-state index is 11.5. The first-order valence-corrected chi connectivity index (χ1v) is 5.22. The third-order valence-corrected chi connectivity index (χ3v) is 2.31. The molecule has 16 heavy (non-hydrogen) atoms. The Balaban J connectivity index is 2.95. The fourth-order valence-corrected chi connectivity index (χ4v) is 1.37. The quantitative estimate of drug-likeness (QED) is 0.590. The zero-order valence-electron chi connectivity index (χ0n) is 9.49. The van der Waals surface area contributed by atoms with Crippen molar-refractivity contribution >= 4 is 5.82 Å². The maximum absolute atomic E-state index is 11.5. The number of nitrogens with one attached hydrogen (secondary N) is 2. The summed E-state index contributed by atoms with van der Waals surface area (Å²) < 4.78 is 0. The van der Waals surface area contributed by atoms with Gasteiger partial charge in [0.1, 0.15) is 0 Å². The number of aromatic nitrogens is 3. The summed E-state index contributed by atoms with van der Waals surface area (Å²) in [6.07, 6.45) is 0. The van der Waals surface area contributed by atoms with E-state index >= 15 is 0 Å². The van der Waals surface area contributed by atoms with Crippen LogP contribution < -0.4 is 21.9 Å². The van der Waals surface area contributed by atoms with E-state index in [9.17, 15) is 9.59 Å². The molecule has 0 aliphatic carbocycles. The predicted octanol–water partition coefficient (Wildman–Crippen LogP) is -1.12. The fourth-order valence-electron chi connectivity index (χ4n) is 1.37. The van der Waals surface area contributed by atoms with E-state index in [1.807, 2.05) is 13.8 Å². The van der Waals surface area contributed by atoms with Crippen LogP contribution in [0.5, 0.6) is 0 Å². The van der Waals surface area contributed by atoms with Crippen molar-refractivity contribution in [3.63, 3.8) is 0 Å². The monoisotopic (exact) mass is 227 g/mol. The van der Waals surface area contributed by atoms with E-state index < -0.39 is 11.2 Å². The van der Waals surface area contributed by atoms with E-state index in [1.165, 1.54) is 0 Å². The standard InChI is InChI=1S/C9H17N5O2/c1-3-14(5-6(2)4-10)7-8(15)11-9(16)13-12-7/h6H,3-5,10H2,1-2H3,(H2,11,13,15,16). The van der Waals surface area contributed by atoms with Gasteiger partial charge in [0.05, 0.1) is 0 Å².